The molecule has 0 radical (unpaired) electrons. The van der Waals surface area contributed by atoms with Gasteiger partial charge in [-0.2, -0.15) is 0 Å². The fourth-order valence-corrected chi connectivity index (χ4v) is 4.42. The van der Waals surface area contributed by atoms with E-state index in [2.05, 4.69) is 12.2 Å². The molecule has 1 aliphatic heterocycles. The van der Waals surface area contributed by atoms with Crippen LogP contribution in [0.2, 0.25) is 5.02 Å². The number of carbonyl (C=O) groups is 2. The van der Waals surface area contributed by atoms with Crippen LogP contribution in [0.4, 0.5) is 0 Å². The van der Waals surface area contributed by atoms with E-state index < -0.39 is 6.04 Å². The maximum atomic E-state index is 12.5. The van der Waals surface area contributed by atoms with Crippen molar-refractivity contribution in [1.29, 1.82) is 0 Å². The van der Waals surface area contributed by atoms with Crippen molar-refractivity contribution in [2.24, 2.45) is 0 Å². The number of amides is 2. The van der Waals surface area contributed by atoms with Crippen molar-refractivity contribution >= 4 is 35.2 Å². The van der Waals surface area contributed by atoms with Gasteiger partial charge < -0.3 is 15.0 Å². The standard InChI is InChI=1S/C17H23ClN2O3S/c1-3-4-9-19-16(22)14-11-24-17(20(14)15(21)10-23-2)12-7-5-6-8-13(12)18/h5-8,14,17H,3-4,9-11H2,1-2H3,(H,19,22)/t14-,17-/m0/s1. The van der Waals surface area contributed by atoms with Gasteiger partial charge in [0, 0.05) is 30.0 Å². The third-order valence-corrected chi connectivity index (χ3v) is 5.51. The molecule has 1 heterocycles. The Labute approximate surface area is 152 Å². The van der Waals surface area contributed by atoms with Crippen LogP contribution < -0.4 is 5.32 Å². The number of benzene rings is 1. The quantitative estimate of drug-likeness (QED) is 0.750. The SMILES string of the molecule is CCCCNC(=O)[C@@H]1CS[C@@H](c2ccccc2Cl)N1C(=O)COC. The molecule has 1 aromatic carbocycles. The summed E-state index contributed by atoms with van der Waals surface area (Å²) >= 11 is 7.85. The number of methoxy groups -OCH3 is 1. The molecule has 5 nitrogen and oxygen atoms in total. The van der Waals surface area contributed by atoms with Gasteiger partial charge in [-0.3, -0.25) is 9.59 Å². The van der Waals surface area contributed by atoms with Gasteiger partial charge in [0.15, 0.2) is 0 Å². The lowest BCUT2D eigenvalue weighted by Gasteiger charge is -2.29. The summed E-state index contributed by atoms with van der Waals surface area (Å²) in [7, 11) is 1.47. The molecule has 0 aromatic heterocycles. The highest BCUT2D eigenvalue weighted by molar-refractivity contribution is 7.99. The topological polar surface area (TPSA) is 58.6 Å². The minimum absolute atomic E-state index is 0.0553. The Morgan fingerprint density at radius 3 is 2.83 bits per heavy atom. The van der Waals surface area contributed by atoms with E-state index in [-0.39, 0.29) is 23.8 Å². The Balaban J connectivity index is 2.21. The van der Waals surface area contributed by atoms with Gasteiger partial charge in [-0.25, -0.2) is 0 Å². The summed E-state index contributed by atoms with van der Waals surface area (Å²) in [5, 5.41) is 3.24. The first-order chi connectivity index (χ1) is 11.6. The van der Waals surface area contributed by atoms with Gasteiger partial charge in [0.1, 0.15) is 18.0 Å². The molecule has 1 aliphatic rings. The van der Waals surface area contributed by atoms with Crippen LogP contribution in [0, 0.1) is 0 Å². The third kappa shape index (κ3) is 4.43. The van der Waals surface area contributed by atoms with Crippen molar-refractivity contribution in [3.05, 3.63) is 34.9 Å². The third-order valence-electron chi connectivity index (χ3n) is 3.86. The number of hydrogen-bond acceptors (Lipinski definition) is 4. The average Bonchev–Trinajstić information content (AvgIpc) is 3.00. The van der Waals surface area contributed by atoms with E-state index >= 15 is 0 Å². The van der Waals surface area contributed by atoms with Crippen LogP contribution in [0.3, 0.4) is 0 Å². The summed E-state index contributed by atoms with van der Waals surface area (Å²) in [6, 6.07) is 6.92. The second-order valence-corrected chi connectivity index (χ2v) is 7.12. The van der Waals surface area contributed by atoms with Gasteiger partial charge in [0.25, 0.3) is 0 Å². The van der Waals surface area contributed by atoms with Crippen LogP contribution in [0.5, 0.6) is 0 Å². The van der Waals surface area contributed by atoms with Gasteiger partial charge >= 0.3 is 0 Å². The summed E-state index contributed by atoms with van der Waals surface area (Å²) in [6.07, 6.45) is 1.93. The Kier molecular flexibility index (Phi) is 7.40. The van der Waals surface area contributed by atoms with Crippen molar-refractivity contribution in [1.82, 2.24) is 10.2 Å². The Bertz CT molecular complexity index is 585. The molecule has 2 atom stereocenters. The Morgan fingerprint density at radius 2 is 2.17 bits per heavy atom. The monoisotopic (exact) mass is 370 g/mol. The molecule has 1 saturated heterocycles. The summed E-state index contributed by atoms with van der Waals surface area (Å²) in [5.41, 5.74) is 0.845. The summed E-state index contributed by atoms with van der Waals surface area (Å²) in [4.78, 5) is 26.7. The highest BCUT2D eigenvalue weighted by atomic mass is 35.5. The van der Waals surface area contributed by atoms with Crippen molar-refractivity contribution in [3.8, 4) is 0 Å². The second kappa shape index (κ2) is 9.30. The molecule has 1 N–H and O–H groups in total. The van der Waals surface area contributed by atoms with Gasteiger partial charge in [0.2, 0.25) is 11.8 Å². The lowest BCUT2D eigenvalue weighted by atomic mass is 10.1. The second-order valence-electron chi connectivity index (χ2n) is 5.60. The number of carbonyl (C=O) groups excluding carboxylic acids is 2. The average molecular weight is 371 g/mol. The van der Waals surface area contributed by atoms with E-state index in [1.54, 1.807) is 22.7 Å². The zero-order chi connectivity index (χ0) is 17.5. The summed E-state index contributed by atoms with van der Waals surface area (Å²) in [5.74, 6) is 0.224. The molecule has 7 heteroatoms. The Morgan fingerprint density at radius 1 is 1.42 bits per heavy atom. The largest absolute Gasteiger partial charge is 0.375 e. The van der Waals surface area contributed by atoms with Crippen LogP contribution in [-0.2, 0) is 14.3 Å². The number of nitrogens with zero attached hydrogens (tertiary/aromatic N) is 1. The van der Waals surface area contributed by atoms with Gasteiger partial charge in [-0.15, -0.1) is 11.8 Å². The van der Waals surface area contributed by atoms with Gasteiger partial charge in [-0.1, -0.05) is 43.1 Å². The minimum atomic E-state index is -0.504. The number of unbranched alkanes of at least 4 members (excludes halogenated alkanes) is 1. The molecule has 2 rings (SSSR count). The molecule has 132 valence electrons. The maximum absolute atomic E-state index is 12.5. The molecule has 0 saturated carbocycles. The summed E-state index contributed by atoms with van der Waals surface area (Å²) < 4.78 is 4.99. The van der Waals surface area contributed by atoms with E-state index in [0.717, 1.165) is 18.4 Å². The predicted molar refractivity (Wildman–Crippen MR) is 97.1 cm³/mol. The number of thioether (sulfide) groups is 1. The van der Waals surface area contributed by atoms with Crippen LogP contribution in [0.15, 0.2) is 24.3 Å². The van der Waals surface area contributed by atoms with E-state index in [1.807, 2.05) is 18.2 Å². The molecule has 24 heavy (non-hydrogen) atoms. The van der Waals surface area contributed by atoms with Gasteiger partial charge in [-0.05, 0) is 12.5 Å². The molecule has 0 unspecified atom stereocenters. The van der Waals surface area contributed by atoms with Crippen LogP contribution >= 0.6 is 23.4 Å². The predicted octanol–water partition coefficient (Wildman–Crippen LogP) is 2.85. The van der Waals surface area contributed by atoms with Crippen LogP contribution in [-0.4, -0.2) is 48.8 Å². The van der Waals surface area contributed by atoms with Crippen molar-refractivity contribution < 1.29 is 14.3 Å². The zero-order valence-corrected chi connectivity index (χ0v) is 15.5. The number of nitrogens with one attached hydrogen (secondary N) is 1. The van der Waals surface area contributed by atoms with E-state index in [0.29, 0.717) is 17.3 Å². The van der Waals surface area contributed by atoms with Crippen molar-refractivity contribution in [3.63, 3.8) is 0 Å². The first-order valence-electron chi connectivity index (χ1n) is 8.04. The normalized spacial score (nSPS) is 20.2. The van der Waals surface area contributed by atoms with Crippen LogP contribution in [0.1, 0.15) is 30.7 Å². The highest BCUT2D eigenvalue weighted by Crippen LogP contribution is 2.43. The molecule has 2 amide bonds. The molecule has 0 aliphatic carbocycles. The van der Waals surface area contributed by atoms with E-state index in [4.69, 9.17) is 16.3 Å². The van der Waals surface area contributed by atoms with Crippen molar-refractivity contribution in [2.45, 2.75) is 31.2 Å². The van der Waals surface area contributed by atoms with Crippen molar-refractivity contribution in [2.75, 3.05) is 26.0 Å². The van der Waals surface area contributed by atoms with Gasteiger partial charge in [0.05, 0.1) is 0 Å². The fourth-order valence-electron chi connectivity index (χ4n) is 2.63. The molecular formula is C17H23ClN2O3S. The van der Waals surface area contributed by atoms with E-state index in [1.165, 1.54) is 7.11 Å². The minimum Gasteiger partial charge on any atom is -0.375 e. The lowest BCUT2D eigenvalue weighted by Crippen LogP contribution is -2.49. The molecule has 1 fully saturated rings. The summed E-state index contributed by atoms with van der Waals surface area (Å²) in [6.45, 7) is 2.64. The first-order valence-corrected chi connectivity index (χ1v) is 9.46. The molecule has 1 aromatic rings. The molecule has 0 bridgehead atoms. The number of ether oxygens (including phenoxy) is 1. The maximum Gasteiger partial charge on any atom is 0.250 e. The Hall–Kier alpha value is -1.24. The highest BCUT2D eigenvalue weighted by Gasteiger charge is 2.42. The molecule has 0 spiro atoms. The van der Waals surface area contributed by atoms with Crippen LogP contribution in [0.25, 0.3) is 0 Å². The smallest absolute Gasteiger partial charge is 0.250 e. The molecular weight excluding hydrogens is 348 g/mol. The number of rotatable bonds is 7. The number of hydrogen-bond donors (Lipinski definition) is 1. The zero-order valence-electron chi connectivity index (χ0n) is 14.0. The lowest BCUT2D eigenvalue weighted by molar-refractivity contribution is -0.142. The number of halogens is 1. The fraction of sp³-hybridized carbons (Fsp3) is 0.529. The first kappa shape index (κ1) is 19.1. The van der Waals surface area contributed by atoms with E-state index in [9.17, 15) is 9.59 Å².